The van der Waals surface area contributed by atoms with Crippen molar-refractivity contribution in [1.82, 2.24) is 9.88 Å². The van der Waals surface area contributed by atoms with Gasteiger partial charge in [0.05, 0.1) is 12.6 Å². The van der Waals surface area contributed by atoms with Crippen molar-refractivity contribution in [3.05, 3.63) is 64.4 Å². The van der Waals surface area contributed by atoms with Crippen molar-refractivity contribution in [1.29, 1.82) is 0 Å². The van der Waals surface area contributed by atoms with Crippen LogP contribution >= 0.6 is 0 Å². The van der Waals surface area contributed by atoms with E-state index in [1.54, 1.807) is 19.2 Å². The summed E-state index contributed by atoms with van der Waals surface area (Å²) in [6.45, 7) is 4.11. The molecule has 2 heterocycles. The molecule has 4 rings (SSSR count). The Morgan fingerprint density at radius 2 is 1.89 bits per heavy atom. The van der Waals surface area contributed by atoms with Gasteiger partial charge >= 0.3 is 0 Å². The molecule has 0 radical (unpaired) electrons. The van der Waals surface area contributed by atoms with Gasteiger partial charge in [-0.05, 0) is 35.7 Å². The fourth-order valence-electron chi connectivity index (χ4n) is 3.56. The molecular formula is C21H23N3O3. The number of methoxy groups -OCH3 is 1. The van der Waals surface area contributed by atoms with Gasteiger partial charge in [-0.3, -0.25) is 9.69 Å². The van der Waals surface area contributed by atoms with Crippen LogP contribution in [0.5, 0.6) is 11.5 Å². The van der Waals surface area contributed by atoms with Gasteiger partial charge in [0.2, 0.25) is 0 Å². The zero-order valence-corrected chi connectivity index (χ0v) is 15.3. The van der Waals surface area contributed by atoms with Gasteiger partial charge in [-0.15, -0.1) is 0 Å². The van der Waals surface area contributed by atoms with Crippen LogP contribution in [0.4, 0.5) is 5.69 Å². The summed E-state index contributed by atoms with van der Waals surface area (Å²) in [5, 5.41) is 10.7. The highest BCUT2D eigenvalue weighted by atomic mass is 16.5. The summed E-state index contributed by atoms with van der Waals surface area (Å²) in [5.74, 6) is 1.02. The molecule has 140 valence electrons. The zero-order valence-electron chi connectivity index (χ0n) is 15.3. The predicted molar refractivity (Wildman–Crippen MR) is 107 cm³/mol. The summed E-state index contributed by atoms with van der Waals surface area (Å²) in [6, 6.07) is 15.0. The van der Waals surface area contributed by atoms with Crippen molar-refractivity contribution >= 4 is 16.6 Å². The fraction of sp³-hybridized carbons (Fsp3) is 0.286. The van der Waals surface area contributed by atoms with Crippen LogP contribution in [-0.2, 0) is 6.54 Å². The molecule has 1 fully saturated rings. The van der Waals surface area contributed by atoms with Crippen LogP contribution in [0.3, 0.4) is 0 Å². The molecule has 0 amide bonds. The number of hydrogen-bond acceptors (Lipinski definition) is 5. The van der Waals surface area contributed by atoms with Gasteiger partial charge in [0.25, 0.3) is 5.56 Å². The second kappa shape index (κ2) is 7.32. The van der Waals surface area contributed by atoms with Crippen LogP contribution in [0.15, 0.2) is 53.3 Å². The Morgan fingerprint density at radius 1 is 1.07 bits per heavy atom. The molecule has 0 atom stereocenters. The van der Waals surface area contributed by atoms with Crippen molar-refractivity contribution in [2.45, 2.75) is 6.54 Å². The summed E-state index contributed by atoms with van der Waals surface area (Å²) in [7, 11) is 1.62. The Bertz CT molecular complexity index is 1010. The Hall–Kier alpha value is -2.99. The first kappa shape index (κ1) is 17.4. The van der Waals surface area contributed by atoms with Crippen LogP contribution < -0.4 is 15.2 Å². The molecule has 1 aromatic heterocycles. The molecule has 2 N–H and O–H groups in total. The highest BCUT2D eigenvalue weighted by Gasteiger charge is 2.18. The van der Waals surface area contributed by atoms with Gasteiger partial charge in [0.1, 0.15) is 11.5 Å². The van der Waals surface area contributed by atoms with Crippen molar-refractivity contribution in [2.24, 2.45) is 0 Å². The highest BCUT2D eigenvalue weighted by molar-refractivity contribution is 5.80. The lowest BCUT2D eigenvalue weighted by molar-refractivity contribution is 0.249. The van der Waals surface area contributed by atoms with Gasteiger partial charge in [-0.25, -0.2) is 0 Å². The maximum atomic E-state index is 12.5. The lowest BCUT2D eigenvalue weighted by Gasteiger charge is -2.36. The van der Waals surface area contributed by atoms with Crippen LogP contribution in [0.2, 0.25) is 0 Å². The third-order valence-electron chi connectivity index (χ3n) is 5.09. The van der Waals surface area contributed by atoms with E-state index in [0.717, 1.165) is 54.1 Å². The molecule has 1 saturated heterocycles. The molecule has 1 aliphatic heterocycles. The molecule has 0 bridgehead atoms. The number of H-pyrrole nitrogens is 1. The SMILES string of the molecule is COc1ccc2cc(CN3CCN(c4cccc(O)c4)CC3)c(=O)[nH]c2c1. The standard InChI is InChI=1S/C21H23N3O3/c1-27-19-6-5-15-11-16(21(26)22-20(15)13-19)14-23-7-9-24(10-8-23)17-3-2-4-18(25)12-17/h2-6,11-13,25H,7-10,14H2,1H3,(H,22,26). The number of piperazine rings is 1. The monoisotopic (exact) mass is 365 g/mol. The number of fused-ring (bicyclic) bond motifs is 1. The van der Waals surface area contributed by atoms with E-state index in [1.807, 2.05) is 36.4 Å². The number of rotatable bonds is 4. The first-order valence-corrected chi connectivity index (χ1v) is 9.09. The first-order valence-electron chi connectivity index (χ1n) is 9.09. The van der Waals surface area contributed by atoms with E-state index in [2.05, 4.69) is 14.8 Å². The summed E-state index contributed by atoms with van der Waals surface area (Å²) < 4.78 is 5.22. The van der Waals surface area contributed by atoms with Crippen LogP contribution in [-0.4, -0.2) is 48.3 Å². The number of ether oxygens (including phenoxy) is 1. The van der Waals surface area contributed by atoms with Gasteiger partial charge < -0.3 is 19.7 Å². The smallest absolute Gasteiger partial charge is 0.252 e. The number of phenols is 1. The number of nitrogens with one attached hydrogen (secondary N) is 1. The Labute approximate surface area is 157 Å². The molecule has 27 heavy (non-hydrogen) atoms. The number of phenolic OH excluding ortho intramolecular Hbond substituents is 1. The molecule has 0 spiro atoms. The van der Waals surface area contributed by atoms with Crippen molar-refractivity contribution in [2.75, 3.05) is 38.2 Å². The number of aromatic nitrogens is 1. The zero-order chi connectivity index (χ0) is 18.8. The van der Waals surface area contributed by atoms with E-state index in [1.165, 1.54) is 0 Å². The molecular weight excluding hydrogens is 342 g/mol. The van der Waals surface area contributed by atoms with Crippen molar-refractivity contribution in [3.8, 4) is 11.5 Å². The maximum Gasteiger partial charge on any atom is 0.252 e. The van der Waals surface area contributed by atoms with Gasteiger partial charge in [-0.2, -0.15) is 0 Å². The van der Waals surface area contributed by atoms with E-state index in [0.29, 0.717) is 6.54 Å². The third kappa shape index (κ3) is 3.75. The van der Waals surface area contributed by atoms with Crippen LogP contribution in [0, 0.1) is 0 Å². The molecule has 3 aromatic rings. The fourth-order valence-corrected chi connectivity index (χ4v) is 3.56. The van der Waals surface area contributed by atoms with E-state index in [9.17, 15) is 9.90 Å². The molecule has 6 heteroatoms. The van der Waals surface area contributed by atoms with Gasteiger partial charge in [0.15, 0.2) is 0 Å². The molecule has 2 aromatic carbocycles. The minimum absolute atomic E-state index is 0.0498. The van der Waals surface area contributed by atoms with E-state index < -0.39 is 0 Å². The van der Waals surface area contributed by atoms with Crippen LogP contribution in [0.25, 0.3) is 10.9 Å². The molecule has 0 unspecified atom stereocenters. The van der Waals surface area contributed by atoms with Crippen molar-refractivity contribution in [3.63, 3.8) is 0 Å². The highest BCUT2D eigenvalue weighted by Crippen LogP contribution is 2.22. The Balaban J connectivity index is 1.46. The topological polar surface area (TPSA) is 68.8 Å². The quantitative estimate of drug-likeness (QED) is 0.744. The molecule has 0 aliphatic carbocycles. The molecule has 1 aliphatic rings. The minimum Gasteiger partial charge on any atom is -0.508 e. The van der Waals surface area contributed by atoms with Crippen LogP contribution in [0.1, 0.15) is 5.56 Å². The number of nitrogens with zero attached hydrogens (tertiary/aromatic N) is 2. The average Bonchev–Trinajstić information content (AvgIpc) is 2.69. The summed E-state index contributed by atoms with van der Waals surface area (Å²) >= 11 is 0. The second-order valence-electron chi connectivity index (χ2n) is 6.86. The normalized spacial score (nSPS) is 15.2. The lowest BCUT2D eigenvalue weighted by atomic mass is 10.1. The Kier molecular flexibility index (Phi) is 4.73. The molecule has 6 nitrogen and oxygen atoms in total. The number of aromatic amines is 1. The van der Waals surface area contributed by atoms with E-state index in [-0.39, 0.29) is 11.3 Å². The first-order chi connectivity index (χ1) is 13.1. The van der Waals surface area contributed by atoms with E-state index >= 15 is 0 Å². The van der Waals surface area contributed by atoms with E-state index in [4.69, 9.17) is 4.74 Å². The van der Waals surface area contributed by atoms with Crippen molar-refractivity contribution < 1.29 is 9.84 Å². The average molecular weight is 365 g/mol. The largest absolute Gasteiger partial charge is 0.508 e. The maximum absolute atomic E-state index is 12.5. The Morgan fingerprint density at radius 3 is 2.63 bits per heavy atom. The second-order valence-corrected chi connectivity index (χ2v) is 6.86. The molecule has 0 saturated carbocycles. The third-order valence-corrected chi connectivity index (χ3v) is 5.09. The number of benzene rings is 2. The number of hydrogen-bond donors (Lipinski definition) is 2. The number of pyridine rings is 1. The lowest BCUT2D eigenvalue weighted by Crippen LogP contribution is -2.46. The summed E-state index contributed by atoms with van der Waals surface area (Å²) in [6.07, 6.45) is 0. The minimum atomic E-state index is -0.0498. The number of aromatic hydroxyl groups is 1. The number of anilines is 1. The predicted octanol–water partition coefficient (Wildman–Crippen LogP) is 2.56. The van der Waals surface area contributed by atoms with Gasteiger partial charge in [-0.1, -0.05) is 6.07 Å². The van der Waals surface area contributed by atoms with Gasteiger partial charge in [0, 0.05) is 56.1 Å². The summed E-state index contributed by atoms with van der Waals surface area (Å²) in [4.78, 5) is 20.0. The summed E-state index contributed by atoms with van der Waals surface area (Å²) in [5.41, 5.74) is 2.55.